The van der Waals surface area contributed by atoms with Crippen LogP contribution in [0.15, 0.2) is 18.3 Å². The molecule has 1 saturated heterocycles. The van der Waals surface area contributed by atoms with Gasteiger partial charge >= 0.3 is 0 Å². The van der Waals surface area contributed by atoms with Gasteiger partial charge in [0.15, 0.2) is 0 Å². The van der Waals surface area contributed by atoms with Crippen molar-refractivity contribution >= 4 is 36.5 Å². The van der Waals surface area contributed by atoms with E-state index in [1.807, 2.05) is 12.1 Å². The van der Waals surface area contributed by atoms with Gasteiger partial charge in [-0.05, 0) is 38.4 Å². The molecular weight excluding hydrogens is 373 g/mol. The van der Waals surface area contributed by atoms with Crippen molar-refractivity contribution in [2.45, 2.75) is 26.7 Å². The Kier molecular flexibility index (Phi) is 13.5. The second-order valence-electron chi connectivity index (χ2n) is 6.19. The van der Waals surface area contributed by atoms with Gasteiger partial charge in [0.05, 0.1) is 5.56 Å². The molecule has 1 aliphatic heterocycles. The molecule has 1 aliphatic rings. The minimum absolute atomic E-state index is 0. The SMILES string of the molecule is CCCN(CC)c1ccc(C(=O)NCCCN2CCNCC2)cn1.Cl.Cl. The van der Waals surface area contributed by atoms with Crippen LogP contribution in [0.2, 0.25) is 0 Å². The molecule has 2 N–H and O–H groups in total. The molecule has 1 aromatic rings. The van der Waals surface area contributed by atoms with E-state index in [1.165, 1.54) is 0 Å². The van der Waals surface area contributed by atoms with E-state index < -0.39 is 0 Å². The number of nitrogens with one attached hydrogen (secondary N) is 2. The maximum Gasteiger partial charge on any atom is 0.252 e. The molecule has 0 radical (unpaired) electrons. The van der Waals surface area contributed by atoms with Crippen LogP contribution in [-0.4, -0.2) is 68.1 Å². The Labute approximate surface area is 169 Å². The van der Waals surface area contributed by atoms with E-state index in [0.717, 1.165) is 64.5 Å². The Bertz CT molecular complexity index is 495. The Balaban J connectivity index is 0.00000312. The number of hydrogen-bond donors (Lipinski definition) is 2. The van der Waals surface area contributed by atoms with Crippen molar-refractivity contribution in [2.24, 2.45) is 0 Å². The van der Waals surface area contributed by atoms with Gasteiger partial charge in [-0.15, -0.1) is 24.8 Å². The van der Waals surface area contributed by atoms with Gasteiger partial charge in [-0.1, -0.05) is 6.92 Å². The summed E-state index contributed by atoms with van der Waals surface area (Å²) >= 11 is 0. The highest BCUT2D eigenvalue weighted by atomic mass is 35.5. The molecule has 1 aromatic heterocycles. The number of amides is 1. The van der Waals surface area contributed by atoms with Crippen molar-refractivity contribution in [3.63, 3.8) is 0 Å². The van der Waals surface area contributed by atoms with Gasteiger partial charge in [0.1, 0.15) is 5.82 Å². The fraction of sp³-hybridized carbons (Fsp3) is 0.667. The van der Waals surface area contributed by atoms with Gasteiger partial charge in [-0.2, -0.15) is 0 Å². The second-order valence-corrected chi connectivity index (χ2v) is 6.19. The average molecular weight is 406 g/mol. The van der Waals surface area contributed by atoms with E-state index in [4.69, 9.17) is 0 Å². The molecule has 2 rings (SSSR count). The Morgan fingerprint density at radius 3 is 2.58 bits per heavy atom. The third-order valence-electron chi connectivity index (χ3n) is 4.36. The summed E-state index contributed by atoms with van der Waals surface area (Å²) in [6.07, 6.45) is 3.75. The predicted molar refractivity (Wildman–Crippen MR) is 113 cm³/mol. The number of carbonyl (C=O) groups excluding carboxylic acids is 1. The highest BCUT2D eigenvalue weighted by Gasteiger charge is 2.10. The summed E-state index contributed by atoms with van der Waals surface area (Å²) in [7, 11) is 0. The van der Waals surface area contributed by atoms with Crippen molar-refractivity contribution in [3.8, 4) is 0 Å². The molecule has 2 heterocycles. The lowest BCUT2D eigenvalue weighted by Crippen LogP contribution is -2.44. The zero-order chi connectivity index (χ0) is 17.2. The van der Waals surface area contributed by atoms with Gasteiger partial charge < -0.3 is 20.4 Å². The van der Waals surface area contributed by atoms with Crippen molar-refractivity contribution in [1.82, 2.24) is 20.5 Å². The molecule has 8 heteroatoms. The minimum Gasteiger partial charge on any atom is -0.357 e. The standard InChI is InChI=1S/C18H31N5O.2ClH/c1-3-11-23(4-2)17-7-6-16(15-21-17)18(24)20-8-5-12-22-13-9-19-10-14-22;;/h6-7,15,19H,3-5,8-14H2,1-2H3,(H,20,24);2*1H. The minimum atomic E-state index is -0.0344. The highest BCUT2D eigenvalue weighted by Crippen LogP contribution is 2.11. The number of aromatic nitrogens is 1. The fourth-order valence-corrected chi connectivity index (χ4v) is 2.95. The van der Waals surface area contributed by atoms with E-state index in [1.54, 1.807) is 6.20 Å². The summed E-state index contributed by atoms with van der Waals surface area (Å²) in [5.74, 6) is 0.905. The third-order valence-corrected chi connectivity index (χ3v) is 4.36. The number of nitrogens with zero attached hydrogens (tertiary/aromatic N) is 3. The number of rotatable bonds is 9. The van der Waals surface area contributed by atoms with Gasteiger partial charge in [-0.3, -0.25) is 4.79 Å². The molecule has 0 saturated carbocycles. The third kappa shape index (κ3) is 8.08. The van der Waals surface area contributed by atoms with Crippen LogP contribution in [-0.2, 0) is 0 Å². The zero-order valence-corrected chi connectivity index (χ0v) is 17.5. The average Bonchev–Trinajstić information content (AvgIpc) is 2.64. The van der Waals surface area contributed by atoms with Gasteiger partial charge in [-0.25, -0.2) is 4.98 Å². The molecule has 1 fully saturated rings. The first-order valence-corrected chi connectivity index (χ1v) is 9.16. The number of halogens is 2. The zero-order valence-electron chi connectivity index (χ0n) is 15.9. The molecule has 0 atom stereocenters. The quantitative estimate of drug-likeness (QED) is 0.616. The van der Waals surface area contributed by atoms with Crippen molar-refractivity contribution < 1.29 is 4.79 Å². The second kappa shape index (κ2) is 14.0. The van der Waals surface area contributed by atoms with E-state index in [0.29, 0.717) is 12.1 Å². The normalized spacial score (nSPS) is 14.1. The van der Waals surface area contributed by atoms with Gasteiger partial charge in [0, 0.05) is 52.0 Å². The van der Waals surface area contributed by atoms with Gasteiger partial charge in [0.25, 0.3) is 5.91 Å². The lowest BCUT2D eigenvalue weighted by Gasteiger charge is -2.27. The Hall–Kier alpha value is -1.08. The van der Waals surface area contributed by atoms with Crippen LogP contribution in [0.5, 0.6) is 0 Å². The molecule has 1 amide bonds. The number of hydrogen-bond acceptors (Lipinski definition) is 5. The monoisotopic (exact) mass is 405 g/mol. The van der Waals surface area contributed by atoms with Crippen molar-refractivity contribution in [3.05, 3.63) is 23.9 Å². The maximum absolute atomic E-state index is 12.2. The van der Waals surface area contributed by atoms with Crippen LogP contribution in [0.1, 0.15) is 37.0 Å². The molecular formula is C18H33Cl2N5O. The summed E-state index contributed by atoms with van der Waals surface area (Å²) < 4.78 is 0. The molecule has 6 nitrogen and oxygen atoms in total. The Morgan fingerprint density at radius 1 is 1.27 bits per heavy atom. The lowest BCUT2D eigenvalue weighted by atomic mass is 10.2. The fourth-order valence-electron chi connectivity index (χ4n) is 2.95. The van der Waals surface area contributed by atoms with E-state index in [-0.39, 0.29) is 30.7 Å². The first-order chi connectivity index (χ1) is 11.7. The summed E-state index contributed by atoms with van der Waals surface area (Å²) in [6, 6.07) is 3.81. The predicted octanol–water partition coefficient (Wildman–Crippen LogP) is 2.19. The number of piperazine rings is 1. The number of carbonyl (C=O) groups is 1. The molecule has 0 unspecified atom stereocenters. The Morgan fingerprint density at radius 2 is 2.00 bits per heavy atom. The summed E-state index contributed by atoms with van der Waals surface area (Å²) in [4.78, 5) is 21.3. The van der Waals surface area contributed by atoms with E-state index in [2.05, 4.69) is 39.3 Å². The van der Waals surface area contributed by atoms with Crippen LogP contribution in [0, 0.1) is 0 Å². The van der Waals surface area contributed by atoms with Crippen LogP contribution < -0.4 is 15.5 Å². The van der Waals surface area contributed by atoms with Crippen LogP contribution in [0.25, 0.3) is 0 Å². The molecule has 0 bridgehead atoms. The lowest BCUT2D eigenvalue weighted by molar-refractivity contribution is 0.0951. The summed E-state index contributed by atoms with van der Waals surface area (Å²) in [5, 5.41) is 6.34. The topological polar surface area (TPSA) is 60.5 Å². The van der Waals surface area contributed by atoms with Crippen LogP contribution in [0.4, 0.5) is 5.82 Å². The smallest absolute Gasteiger partial charge is 0.252 e. The van der Waals surface area contributed by atoms with E-state index in [9.17, 15) is 4.79 Å². The molecule has 0 spiro atoms. The largest absolute Gasteiger partial charge is 0.357 e. The van der Waals surface area contributed by atoms with Crippen molar-refractivity contribution in [2.75, 3.05) is 57.3 Å². The molecule has 26 heavy (non-hydrogen) atoms. The summed E-state index contributed by atoms with van der Waals surface area (Å²) in [6.45, 7) is 12.3. The molecule has 0 aliphatic carbocycles. The first kappa shape index (κ1) is 24.9. The first-order valence-electron chi connectivity index (χ1n) is 9.16. The summed E-state index contributed by atoms with van der Waals surface area (Å²) in [5.41, 5.74) is 0.633. The van der Waals surface area contributed by atoms with Crippen LogP contribution >= 0.6 is 24.8 Å². The van der Waals surface area contributed by atoms with E-state index >= 15 is 0 Å². The molecule has 150 valence electrons. The maximum atomic E-state index is 12.2. The van der Waals surface area contributed by atoms with Gasteiger partial charge in [0.2, 0.25) is 0 Å². The van der Waals surface area contributed by atoms with Crippen LogP contribution in [0.3, 0.4) is 0 Å². The number of anilines is 1. The highest BCUT2D eigenvalue weighted by molar-refractivity contribution is 5.94. The van der Waals surface area contributed by atoms with Crippen molar-refractivity contribution in [1.29, 1.82) is 0 Å². The number of pyridine rings is 1. The molecule has 0 aromatic carbocycles.